The van der Waals surface area contributed by atoms with Crippen LogP contribution in [-0.4, -0.2) is 40.2 Å². The van der Waals surface area contributed by atoms with Crippen LogP contribution in [0.3, 0.4) is 0 Å². The van der Waals surface area contributed by atoms with Crippen molar-refractivity contribution in [2.24, 2.45) is 0 Å². The molecule has 1 aromatic rings. The largest absolute Gasteiger partial charge is 0.480 e. The van der Waals surface area contributed by atoms with Crippen molar-refractivity contribution in [1.29, 1.82) is 0 Å². The van der Waals surface area contributed by atoms with Gasteiger partial charge in [-0.3, -0.25) is 19.7 Å². The van der Waals surface area contributed by atoms with Gasteiger partial charge in [-0.25, -0.2) is 0 Å². The summed E-state index contributed by atoms with van der Waals surface area (Å²) in [5, 5.41) is 28.4. The summed E-state index contributed by atoms with van der Waals surface area (Å²) in [4.78, 5) is 32.6. The van der Waals surface area contributed by atoms with Gasteiger partial charge in [-0.2, -0.15) is 0 Å². The van der Waals surface area contributed by atoms with E-state index in [1.54, 1.807) is 6.07 Å². The normalized spacial score (nSPS) is 9.95. The summed E-state index contributed by atoms with van der Waals surface area (Å²) in [6.07, 6.45) is 0. The van der Waals surface area contributed by atoms with E-state index in [4.69, 9.17) is 10.2 Å². The molecule has 0 saturated heterocycles. The molecule has 1 rings (SSSR count). The number of anilines is 1. The van der Waals surface area contributed by atoms with Gasteiger partial charge in [-0.05, 0) is 34.7 Å². The molecular formula is C10H9IN2O6. The summed E-state index contributed by atoms with van der Waals surface area (Å²) in [6, 6.07) is 4.14. The molecule has 8 nitrogen and oxygen atoms in total. The van der Waals surface area contributed by atoms with Crippen molar-refractivity contribution in [3.05, 3.63) is 31.9 Å². The molecule has 9 heteroatoms. The Morgan fingerprint density at radius 1 is 1.26 bits per heavy atom. The third kappa shape index (κ3) is 4.35. The Balaban J connectivity index is 3.24. The highest BCUT2D eigenvalue weighted by atomic mass is 127. The first kappa shape index (κ1) is 15.1. The highest BCUT2D eigenvalue weighted by Crippen LogP contribution is 2.29. The second-order valence-electron chi connectivity index (χ2n) is 3.53. The molecule has 19 heavy (non-hydrogen) atoms. The molecule has 0 amide bonds. The zero-order chi connectivity index (χ0) is 14.6. The molecule has 102 valence electrons. The number of halogens is 1. The SMILES string of the molecule is O=C(O)CN(CC(=O)O)c1ccc(I)cc1[N+](=O)[O-]. The first-order chi connectivity index (χ1) is 8.81. The average Bonchev–Trinajstić information content (AvgIpc) is 2.26. The Kier molecular flexibility index (Phi) is 5.03. The zero-order valence-electron chi connectivity index (χ0n) is 9.45. The molecule has 0 aliphatic carbocycles. The van der Waals surface area contributed by atoms with E-state index in [1.807, 2.05) is 22.6 Å². The molecule has 0 fully saturated rings. The number of carboxylic acids is 2. The van der Waals surface area contributed by atoms with E-state index in [1.165, 1.54) is 12.1 Å². The molecular weight excluding hydrogens is 371 g/mol. The van der Waals surface area contributed by atoms with Crippen LogP contribution in [0, 0.1) is 13.7 Å². The van der Waals surface area contributed by atoms with Crippen molar-refractivity contribution in [3.8, 4) is 0 Å². The number of rotatable bonds is 6. The zero-order valence-corrected chi connectivity index (χ0v) is 11.6. The first-order valence-electron chi connectivity index (χ1n) is 4.93. The minimum absolute atomic E-state index is 0.0322. The Hall–Kier alpha value is -1.91. The van der Waals surface area contributed by atoms with Crippen molar-refractivity contribution in [2.75, 3.05) is 18.0 Å². The summed E-state index contributed by atoms with van der Waals surface area (Å²) >= 11 is 1.87. The highest BCUT2D eigenvalue weighted by molar-refractivity contribution is 14.1. The van der Waals surface area contributed by atoms with Crippen LogP contribution in [0.15, 0.2) is 18.2 Å². The fraction of sp³-hybridized carbons (Fsp3) is 0.200. The smallest absolute Gasteiger partial charge is 0.323 e. The molecule has 2 N–H and O–H groups in total. The van der Waals surface area contributed by atoms with Crippen LogP contribution >= 0.6 is 22.6 Å². The van der Waals surface area contributed by atoms with Crippen molar-refractivity contribution >= 4 is 45.9 Å². The molecule has 0 aliphatic rings. The van der Waals surface area contributed by atoms with Gasteiger partial charge in [-0.15, -0.1) is 0 Å². The number of hydrogen-bond acceptors (Lipinski definition) is 5. The van der Waals surface area contributed by atoms with Gasteiger partial charge in [0.05, 0.1) is 4.92 Å². The van der Waals surface area contributed by atoms with E-state index in [2.05, 4.69) is 0 Å². The molecule has 0 aromatic heterocycles. The Labute approximate surface area is 120 Å². The van der Waals surface area contributed by atoms with Crippen LogP contribution in [0.1, 0.15) is 0 Å². The number of benzene rings is 1. The Morgan fingerprint density at radius 2 is 1.79 bits per heavy atom. The lowest BCUT2D eigenvalue weighted by Crippen LogP contribution is -2.34. The predicted molar refractivity (Wildman–Crippen MR) is 73.3 cm³/mol. The van der Waals surface area contributed by atoms with Crippen molar-refractivity contribution in [3.63, 3.8) is 0 Å². The second kappa shape index (κ2) is 6.31. The third-order valence-corrected chi connectivity index (χ3v) is 2.80. The highest BCUT2D eigenvalue weighted by Gasteiger charge is 2.23. The van der Waals surface area contributed by atoms with Gasteiger partial charge in [-0.1, -0.05) is 0 Å². The number of aliphatic carboxylic acids is 2. The topological polar surface area (TPSA) is 121 Å². The molecule has 1 aromatic carbocycles. The quantitative estimate of drug-likeness (QED) is 0.432. The minimum Gasteiger partial charge on any atom is -0.480 e. The van der Waals surface area contributed by atoms with Gasteiger partial charge >= 0.3 is 11.9 Å². The fourth-order valence-corrected chi connectivity index (χ4v) is 1.94. The molecule has 0 heterocycles. The number of carboxylic acid groups (broad SMARTS) is 2. The van der Waals surface area contributed by atoms with Crippen LogP contribution in [0.25, 0.3) is 0 Å². The van der Waals surface area contributed by atoms with Crippen LogP contribution < -0.4 is 4.90 Å². The van der Waals surface area contributed by atoms with E-state index in [9.17, 15) is 19.7 Å². The first-order valence-corrected chi connectivity index (χ1v) is 6.01. The fourth-order valence-electron chi connectivity index (χ4n) is 1.46. The standard InChI is InChI=1S/C10H9IN2O6/c11-6-1-2-7(8(3-6)13(18)19)12(4-9(14)15)5-10(16)17/h1-3H,4-5H2,(H,14,15)(H,16,17). The Bertz CT molecular complexity index is 517. The van der Waals surface area contributed by atoms with E-state index in [0.29, 0.717) is 3.57 Å². The van der Waals surface area contributed by atoms with Gasteiger partial charge < -0.3 is 15.1 Å². The van der Waals surface area contributed by atoms with Gasteiger partial charge in [0.2, 0.25) is 0 Å². The van der Waals surface area contributed by atoms with E-state index in [0.717, 1.165) is 4.90 Å². The number of nitro benzene ring substituents is 1. The molecule has 0 unspecified atom stereocenters. The number of nitro groups is 1. The Morgan fingerprint density at radius 3 is 2.21 bits per heavy atom. The molecule has 0 aliphatic heterocycles. The van der Waals surface area contributed by atoms with E-state index < -0.39 is 30.0 Å². The van der Waals surface area contributed by atoms with Crippen LogP contribution in [0.5, 0.6) is 0 Å². The third-order valence-electron chi connectivity index (χ3n) is 2.13. The lowest BCUT2D eigenvalue weighted by molar-refractivity contribution is -0.384. The van der Waals surface area contributed by atoms with Crippen LogP contribution in [0.4, 0.5) is 11.4 Å². The lowest BCUT2D eigenvalue weighted by Gasteiger charge is -2.20. The van der Waals surface area contributed by atoms with Gasteiger partial charge in [0.25, 0.3) is 5.69 Å². The molecule has 0 atom stereocenters. The molecule has 0 bridgehead atoms. The van der Waals surface area contributed by atoms with Crippen molar-refractivity contribution in [2.45, 2.75) is 0 Å². The summed E-state index contributed by atoms with van der Waals surface area (Å²) in [5.41, 5.74) is -0.357. The van der Waals surface area contributed by atoms with Gasteiger partial charge in [0.15, 0.2) is 0 Å². The lowest BCUT2D eigenvalue weighted by atomic mass is 10.2. The maximum Gasteiger partial charge on any atom is 0.323 e. The second-order valence-corrected chi connectivity index (χ2v) is 4.78. The predicted octanol–water partition coefficient (Wildman–Crippen LogP) is 1.18. The van der Waals surface area contributed by atoms with E-state index >= 15 is 0 Å². The van der Waals surface area contributed by atoms with Crippen molar-refractivity contribution < 1.29 is 24.7 Å². The summed E-state index contributed by atoms with van der Waals surface area (Å²) in [6.45, 7) is -1.26. The number of hydrogen-bond donors (Lipinski definition) is 2. The van der Waals surface area contributed by atoms with Crippen LogP contribution in [0.2, 0.25) is 0 Å². The van der Waals surface area contributed by atoms with Crippen LogP contribution in [-0.2, 0) is 9.59 Å². The monoisotopic (exact) mass is 380 g/mol. The average molecular weight is 380 g/mol. The molecule has 0 spiro atoms. The minimum atomic E-state index is -1.27. The number of carbonyl (C=O) groups is 2. The summed E-state index contributed by atoms with van der Waals surface area (Å²) < 4.78 is 0.596. The molecule has 0 radical (unpaired) electrons. The van der Waals surface area contributed by atoms with Gasteiger partial charge in [0.1, 0.15) is 18.8 Å². The van der Waals surface area contributed by atoms with Gasteiger partial charge in [0, 0.05) is 9.64 Å². The number of nitrogens with zero attached hydrogens (tertiary/aromatic N) is 2. The maximum absolute atomic E-state index is 10.9. The maximum atomic E-state index is 10.9. The van der Waals surface area contributed by atoms with E-state index in [-0.39, 0.29) is 11.4 Å². The summed E-state index contributed by atoms with van der Waals surface area (Å²) in [5.74, 6) is -2.54. The summed E-state index contributed by atoms with van der Waals surface area (Å²) in [7, 11) is 0. The van der Waals surface area contributed by atoms with Crippen molar-refractivity contribution in [1.82, 2.24) is 0 Å². The molecule has 0 saturated carbocycles.